The van der Waals surface area contributed by atoms with Gasteiger partial charge in [-0.25, -0.2) is 4.68 Å². The third kappa shape index (κ3) is 3.66. The van der Waals surface area contributed by atoms with Gasteiger partial charge in [-0.2, -0.15) is 0 Å². The van der Waals surface area contributed by atoms with Gasteiger partial charge in [0.1, 0.15) is 0 Å². The van der Waals surface area contributed by atoms with Gasteiger partial charge < -0.3 is 10.6 Å². The normalized spacial score (nSPS) is 16.6. The van der Waals surface area contributed by atoms with E-state index in [-0.39, 0.29) is 23.3 Å². The molecule has 0 spiro atoms. The predicted octanol–water partition coefficient (Wildman–Crippen LogP) is 1.37. The largest absolute Gasteiger partial charge is 0.337 e. The molecule has 0 bridgehead atoms. The minimum absolute atomic E-state index is 0.0427. The van der Waals surface area contributed by atoms with Gasteiger partial charge in [0, 0.05) is 31.3 Å². The van der Waals surface area contributed by atoms with Gasteiger partial charge >= 0.3 is 0 Å². The topological polar surface area (TPSA) is 120 Å². The molecular weight excluding hydrogens is 324 g/mol. The van der Waals surface area contributed by atoms with Crippen molar-refractivity contribution in [1.82, 2.24) is 19.9 Å². The summed E-state index contributed by atoms with van der Waals surface area (Å²) >= 11 is 0. The van der Waals surface area contributed by atoms with Crippen molar-refractivity contribution in [2.24, 2.45) is 11.7 Å². The van der Waals surface area contributed by atoms with Gasteiger partial charge in [0.25, 0.3) is 11.6 Å². The van der Waals surface area contributed by atoms with Crippen molar-refractivity contribution in [3.63, 3.8) is 0 Å². The van der Waals surface area contributed by atoms with Crippen molar-refractivity contribution >= 4 is 11.6 Å². The van der Waals surface area contributed by atoms with Gasteiger partial charge in [-0.1, -0.05) is 11.3 Å². The zero-order valence-corrected chi connectivity index (χ0v) is 13.9. The number of nitro groups is 1. The first kappa shape index (κ1) is 17.0. The van der Waals surface area contributed by atoms with E-state index in [4.69, 9.17) is 5.73 Å². The van der Waals surface area contributed by atoms with Gasteiger partial charge in [0.15, 0.2) is 5.69 Å². The number of carbonyl (C=O) groups excluding carboxylic acids is 1. The Hall–Kier alpha value is -2.81. The van der Waals surface area contributed by atoms with E-state index in [9.17, 15) is 14.9 Å². The lowest BCUT2D eigenvalue weighted by Crippen LogP contribution is -2.42. The highest BCUT2D eigenvalue weighted by Gasteiger charge is 2.27. The molecule has 1 aromatic heterocycles. The second kappa shape index (κ2) is 6.98. The fraction of sp³-hybridized carbons (Fsp3) is 0.438. The number of benzene rings is 1. The molecule has 1 atom stereocenters. The van der Waals surface area contributed by atoms with E-state index in [0.717, 1.165) is 12.8 Å². The highest BCUT2D eigenvalue weighted by atomic mass is 16.6. The van der Waals surface area contributed by atoms with Crippen LogP contribution in [0.2, 0.25) is 0 Å². The molecule has 2 heterocycles. The molecule has 1 aliphatic rings. The monoisotopic (exact) mass is 344 g/mol. The molecule has 2 aromatic rings. The van der Waals surface area contributed by atoms with Crippen LogP contribution >= 0.6 is 0 Å². The van der Waals surface area contributed by atoms with E-state index in [1.165, 1.54) is 23.0 Å². The Balaban J connectivity index is 1.72. The van der Waals surface area contributed by atoms with E-state index in [1.807, 2.05) is 6.92 Å². The highest BCUT2D eigenvalue weighted by molar-refractivity contribution is 5.92. The molecule has 3 rings (SSSR count). The summed E-state index contributed by atoms with van der Waals surface area (Å²) in [5.74, 6) is 0.254. The molecule has 9 heteroatoms. The zero-order valence-electron chi connectivity index (χ0n) is 13.9. The number of carbonyl (C=O) groups is 1. The molecule has 9 nitrogen and oxygen atoms in total. The summed E-state index contributed by atoms with van der Waals surface area (Å²) in [6.07, 6.45) is 3.25. The summed E-state index contributed by atoms with van der Waals surface area (Å²) in [7, 11) is 0. The molecule has 132 valence electrons. The average molecular weight is 344 g/mol. The standard InChI is InChI=1S/C16H20N6O3/c1-11(17)12-5-7-20(8-6-12)16(23)15-10-21(19-18-15)13-3-2-4-14(9-13)22(24)25/h2-4,9-12H,5-8,17H2,1H3. The first-order valence-corrected chi connectivity index (χ1v) is 8.17. The number of nitrogens with zero attached hydrogens (tertiary/aromatic N) is 5. The lowest BCUT2D eigenvalue weighted by molar-refractivity contribution is -0.384. The fourth-order valence-electron chi connectivity index (χ4n) is 3.03. The number of nitro benzene ring substituents is 1. The summed E-state index contributed by atoms with van der Waals surface area (Å²) in [5.41, 5.74) is 6.59. The maximum absolute atomic E-state index is 12.6. The summed E-state index contributed by atoms with van der Waals surface area (Å²) in [5, 5.41) is 18.7. The number of aromatic nitrogens is 3. The summed E-state index contributed by atoms with van der Waals surface area (Å²) in [4.78, 5) is 24.7. The molecular formula is C16H20N6O3. The lowest BCUT2D eigenvalue weighted by atomic mass is 9.91. The fourth-order valence-corrected chi connectivity index (χ4v) is 3.03. The van der Waals surface area contributed by atoms with Crippen molar-refractivity contribution in [3.05, 3.63) is 46.3 Å². The van der Waals surface area contributed by atoms with Crippen LogP contribution in [-0.4, -0.2) is 49.9 Å². The van der Waals surface area contributed by atoms with Crippen LogP contribution in [0, 0.1) is 16.0 Å². The number of hydrogen-bond acceptors (Lipinski definition) is 6. The van der Waals surface area contributed by atoms with Crippen LogP contribution in [0.5, 0.6) is 0 Å². The van der Waals surface area contributed by atoms with E-state index in [1.54, 1.807) is 17.0 Å². The van der Waals surface area contributed by atoms with Gasteiger partial charge in [-0.15, -0.1) is 5.10 Å². The van der Waals surface area contributed by atoms with Crippen molar-refractivity contribution in [1.29, 1.82) is 0 Å². The number of hydrogen-bond donors (Lipinski definition) is 1. The molecule has 1 aromatic carbocycles. The summed E-state index contributed by atoms with van der Waals surface area (Å²) < 4.78 is 1.37. The number of nitrogens with two attached hydrogens (primary N) is 1. The number of non-ortho nitro benzene ring substituents is 1. The Morgan fingerprint density at radius 1 is 1.40 bits per heavy atom. The van der Waals surface area contributed by atoms with Gasteiger partial charge in [0.05, 0.1) is 16.8 Å². The van der Waals surface area contributed by atoms with E-state index in [2.05, 4.69) is 10.3 Å². The molecule has 1 fully saturated rings. The molecule has 0 aliphatic carbocycles. The number of piperidine rings is 1. The first-order valence-electron chi connectivity index (χ1n) is 8.17. The Labute approximate surface area is 144 Å². The molecule has 2 N–H and O–H groups in total. The highest BCUT2D eigenvalue weighted by Crippen LogP contribution is 2.21. The summed E-state index contributed by atoms with van der Waals surface area (Å²) in [6.45, 7) is 3.29. The Bertz CT molecular complexity index is 780. The average Bonchev–Trinajstić information content (AvgIpc) is 3.11. The third-order valence-corrected chi connectivity index (χ3v) is 4.59. The van der Waals surface area contributed by atoms with Crippen molar-refractivity contribution in [2.75, 3.05) is 13.1 Å². The van der Waals surface area contributed by atoms with Gasteiger partial charge in [0.2, 0.25) is 0 Å². The van der Waals surface area contributed by atoms with Crippen molar-refractivity contribution in [2.45, 2.75) is 25.8 Å². The molecule has 1 aliphatic heterocycles. The predicted molar refractivity (Wildman–Crippen MR) is 90.3 cm³/mol. The molecule has 1 unspecified atom stereocenters. The molecule has 1 saturated heterocycles. The Kier molecular flexibility index (Phi) is 4.75. The zero-order chi connectivity index (χ0) is 18.0. The maximum Gasteiger partial charge on any atom is 0.276 e. The smallest absolute Gasteiger partial charge is 0.276 e. The summed E-state index contributed by atoms with van der Waals surface area (Å²) in [6, 6.07) is 6.15. The van der Waals surface area contributed by atoms with Crippen LogP contribution in [0.4, 0.5) is 5.69 Å². The van der Waals surface area contributed by atoms with Crippen LogP contribution in [0.3, 0.4) is 0 Å². The molecule has 1 amide bonds. The molecule has 0 saturated carbocycles. The van der Waals surface area contributed by atoms with E-state index >= 15 is 0 Å². The second-order valence-corrected chi connectivity index (χ2v) is 6.31. The third-order valence-electron chi connectivity index (χ3n) is 4.59. The first-order chi connectivity index (χ1) is 12.0. The molecule has 0 radical (unpaired) electrons. The number of rotatable bonds is 4. The second-order valence-electron chi connectivity index (χ2n) is 6.31. The quantitative estimate of drug-likeness (QED) is 0.661. The van der Waals surface area contributed by atoms with Crippen LogP contribution in [0.15, 0.2) is 30.5 Å². The molecule has 25 heavy (non-hydrogen) atoms. The lowest BCUT2D eigenvalue weighted by Gasteiger charge is -2.33. The van der Waals surface area contributed by atoms with Crippen LogP contribution in [0.1, 0.15) is 30.3 Å². The van der Waals surface area contributed by atoms with Crippen LogP contribution < -0.4 is 5.73 Å². The van der Waals surface area contributed by atoms with Gasteiger partial charge in [-0.05, 0) is 31.7 Å². The van der Waals surface area contributed by atoms with Gasteiger partial charge in [-0.3, -0.25) is 14.9 Å². The van der Waals surface area contributed by atoms with Crippen LogP contribution in [-0.2, 0) is 0 Å². The Morgan fingerprint density at radius 2 is 2.12 bits per heavy atom. The minimum atomic E-state index is -0.477. The van der Waals surface area contributed by atoms with Crippen LogP contribution in [0.25, 0.3) is 5.69 Å². The number of likely N-dealkylation sites (tertiary alicyclic amines) is 1. The minimum Gasteiger partial charge on any atom is -0.337 e. The van der Waals surface area contributed by atoms with E-state index in [0.29, 0.717) is 24.7 Å². The number of amides is 1. The SMILES string of the molecule is CC(N)C1CCN(C(=O)c2cn(-c3cccc([N+](=O)[O-])c3)nn2)CC1. The van der Waals surface area contributed by atoms with Crippen molar-refractivity contribution in [3.8, 4) is 5.69 Å². The Morgan fingerprint density at radius 3 is 2.76 bits per heavy atom. The van der Waals surface area contributed by atoms with Crippen molar-refractivity contribution < 1.29 is 9.72 Å². The van der Waals surface area contributed by atoms with E-state index < -0.39 is 4.92 Å². The maximum atomic E-state index is 12.6.